The van der Waals surface area contributed by atoms with Crippen molar-refractivity contribution in [2.75, 3.05) is 0 Å². The lowest BCUT2D eigenvalue weighted by molar-refractivity contribution is -0.110. The van der Waals surface area contributed by atoms with Crippen LogP contribution < -0.4 is 0 Å². The number of nitriles is 1. The molecule has 13 heavy (non-hydrogen) atoms. The number of rotatable bonds is 2. The van der Waals surface area contributed by atoms with Gasteiger partial charge in [-0.25, -0.2) is 4.39 Å². The van der Waals surface area contributed by atoms with Crippen LogP contribution in [0.5, 0.6) is 0 Å². The number of thiocyanates is 1. The van der Waals surface area contributed by atoms with Crippen molar-refractivity contribution in [1.82, 2.24) is 0 Å². The zero-order valence-electron chi connectivity index (χ0n) is 6.66. The van der Waals surface area contributed by atoms with E-state index >= 15 is 0 Å². The average Bonchev–Trinajstić information content (AvgIpc) is 2.09. The van der Waals surface area contributed by atoms with Gasteiger partial charge in [-0.2, -0.15) is 5.26 Å². The third kappa shape index (κ3) is 3.26. The lowest BCUT2D eigenvalue weighted by Crippen LogP contribution is -1.95. The standard InChI is InChI=1S/C9H6FNOS/c10-8-3-1-7(2-4-8)5-9(12)13-6-11/h1-4H,5H2. The van der Waals surface area contributed by atoms with E-state index in [4.69, 9.17) is 5.26 Å². The second kappa shape index (κ2) is 4.63. The Morgan fingerprint density at radius 1 is 1.46 bits per heavy atom. The molecule has 1 aromatic rings. The van der Waals surface area contributed by atoms with Gasteiger partial charge < -0.3 is 0 Å². The predicted octanol–water partition coefficient (Wildman–Crippen LogP) is 2.11. The van der Waals surface area contributed by atoms with E-state index in [2.05, 4.69) is 0 Å². The Bertz CT molecular complexity index is 342. The molecule has 0 bridgehead atoms. The molecule has 66 valence electrons. The Morgan fingerprint density at radius 2 is 2.08 bits per heavy atom. The lowest BCUT2D eigenvalue weighted by Gasteiger charge is -1.96. The number of thioether (sulfide) groups is 1. The zero-order valence-corrected chi connectivity index (χ0v) is 7.47. The summed E-state index contributed by atoms with van der Waals surface area (Å²) in [4.78, 5) is 10.9. The quantitative estimate of drug-likeness (QED) is 0.678. The molecule has 0 aliphatic heterocycles. The fourth-order valence-corrected chi connectivity index (χ4v) is 1.20. The van der Waals surface area contributed by atoms with Crippen molar-refractivity contribution in [3.63, 3.8) is 0 Å². The fourth-order valence-electron chi connectivity index (χ4n) is 0.856. The molecule has 0 fully saturated rings. The highest BCUT2D eigenvalue weighted by Crippen LogP contribution is 2.08. The van der Waals surface area contributed by atoms with Gasteiger partial charge in [-0.15, -0.1) is 0 Å². The number of carbonyl (C=O) groups excluding carboxylic acids is 1. The SMILES string of the molecule is N#CSC(=O)Cc1ccc(F)cc1. The van der Waals surface area contributed by atoms with Gasteiger partial charge in [0.1, 0.15) is 11.2 Å². The molecular weight excluding hydrogens is 189 g/mol. The molecule has 0 heterocycles. The summed E-state index contributed by atoms with van der Waals surface area (Å²) in [6.07, 6.45) is 0.165. The van der Waals surface area contributed by atoms with Crippen LogP contribution in [0.25, 0.3) is 0 Å². The number of nitrogens with zero attached hydrogens (tertiary/aromatic N) is 1. The van der Waals surface area contributed by atoms with Crippen molar-refractivity contribution in [2.45, 2.75) is 6.42 Å². The third-order valence-corrected chi connectivity index (χ3v) is 1.88. The van der Waals surface area contributed by atoms with Crippen LogP contribution in [-0.4, -0.2) is 5.12 Å². The molecule has 0 saturated heterocycles. The summed E-state index contributed by atoms with van der Waals surface area (Å²) in [5, 5.41) is 9.66. The molecule has 0 aliphatic carbocycles. The van der Waals surface area contributed by atoms with E-state index in [0.717, 1.165) is 0 Å². The van der Waals surface area contributed by atoms with Gasteiger partial charge in [-0.1, -0.05) is 12.1 Å². The van der Waals surface area contributed by atoms with Crippen molar-refractivity contribution < 1.29 is 9.18 Å². The number of halogens is 1. The van der Waals surface area contributed by atoms with Gasteiger partial charge in [0.2, 0.25) is 5.12 Å². The first-order chi connectivity index (χ1) is 6.22. The Kier molecular flexibility index (Phi) is 3.47. The maximum Gasteiger partial charge on any atom is 0.207 e. The Balaban J connectivity index is 2.60. The van der Waals surface area contributed by atoms with Crippen LogP contribution in [0.3, 0.4) is 0 Å². The second-order valence-corrected chi connectivity index (χ2v) is 3.21. The molecule has 0 aliphatic rings. The van der Waals surface area contributed by atoms with Gasteiger partial charge in [-0.05, 0) is 17.7 Å². The molecule has 0 aromatic heterocycles. The minimum atomic E-state index is -0.330. The summed E-state index contributed by atoms with van der Waals surface area (Å²) in [7, 11) is 0. The summed E-state index contributed by atoms with van der Waals surface area (Å²) in [6, 6.07) is 5.65. The van der Waals surface area contributed by atoms with Crippen LogP contribution in [0, 0.1) is 16.5 Å². The molecule has 0 atom stereocenters. The van der Waals surface area contributed by atoms with Crippen molar-refractivity contribution in [3.05, 3.63) is 35.6 Å². The van der Waals surface area contributed by atoms with Crippen LogP contribution in [0.1, 0.15) is 5.56 Å². The van der Waals surface area contributed by atoms with Crippen molar-refractivity contribution in [3.8, 4) is 5.40 Å². The molecule has 1 rings (SSSR count). The largest absolute Gasteiger partial charge is 0.286 e. The molecular formula is C9H6FNOS. The molecule has 2 nitrogen and oxygen atoms in total. The molecule has 0 radical (unpaired) electrons. The second-order valence-electron chi connectivity index (χ2n) is 2.37. The highest BCUT2D eigenvalue weighted by molar-refractivity contribution is 8.17. The Hall–Kier alpha value is -1.34. The fraction of sp³-hybridized carbons (Fsp3) is 0.111. The van der Waals surface area contributed by atoms with Crippen LogP contribution >= 0.6 is 11.8 Å². The molecule has 0 amide bonds. The topological polar surface area (TPSA) is 40.9 Å². The van der Waals surface area contributed by atoms with E-state index in [1.54, 1.807) is 5.40 Å². The van der Waals surface area contributed by atoms with Gasteiger partial charge in [0.15, 0.2) is 0 Å². The highest BCUT2D eigenvalue weighted by atomic mass is 32.2. The van der Waals surface area contributed by atoms with Gasteiger partial charge in [0, 0.05) is 18.2 Å². The Morgan fingerprint density at radius 3 is 2.62 bits per heavy atom. The number of hydrogen-bond acceptors (Lipinski definition) is 3. The van der Waals surface area contributed by atoms with Crippen LogP contribution in [0.4, 0.5) is 4.39 Å². The summed E-state index contributed by atoms with van der Waals surface area (Å²) in [6.45, 7) is 0. The van der Waals surface area contributed by atoms with E-state index < -0.39 is 0 Å². The molecule has 1 aromatic carbocycles. The summed E-state index contributed by atoms with van der Waals surface area (Å²) in [5.41, 5.74) is 0.717. The summed E-state index contributed by atoms with van der Waals surface area (Å²) < 4.78 is 12.4. The first kappa shape index (κ1) is 9.75. The van der Waals surface area contributed by atoms with E-state index in [-0.39, 0.29) is 17.4 Å². The van der Waals surface area contributed by atoms with Crippen LogP contribution in [0.15, 0.2) is 24.3 Å². The average molecular weight is 195 g/mol. The summed E-state index contributed by atoms with van der Waals surface area (Å²) >= 11 is 0.603. The van der Waals surface area contributed by atoms with E-state index in [1.165, 1.54) is 24.3 Å². The zero-order chi connectivity index (χ0) is 9.68. The van der Waals surface area contributed by atoms with Crippen LogP contribution in [-0.2, 0) is 11.2 Å². The van der Waals surface area contributed by atoms with Gasteiger partial charge in [-0.3, -0.25) is 4.79 Å². The van der Waals surface area contributed by atoms with Crippen molar-refractivity contribution in [2.24, 2.45) is 0 Å². The number of hydrogen-bond donors (Lipinski definition) is 0. The van der Waals surface area contributed by atoms with E-state index in [1.807, 2.05) is 0 Å². The maximum absolute atomic E-state index is 12.4. The van der Waals surface area contributed by atoms with Crippen molar-refractivity contribution >= 4 is 16.9 Å². The molecule has 0 N–H and O–H groups in total. The van der Waals surface area contributed by atoms with E-state index in [9.17, 15) is 9.18 Å². The minimum Gasteiger partial charge on any atom is -0.286 e. The van der Waals surface area contributed by atoms with Crippen molar-refractivity contribution in [1.29, 1.82) is 5.26 Å². The molecule has 4 heteroatoms. The Labute approximate surface area is 79.4 Å². The lowest BCUT2D eigenvalue weighted by atomic mass is 10.2. The third-order valence-electron chi connectivity index (χ3n) is 1.42. The first-order valence-corrected chi connectivity index (χ1v) is 4.37. The highest BCUT2D eigenvalue weighted by Gasteiger charge is 2.03. The smallest absolute Gasteiger partial charge is 0.207 e. The van der Waals surface area contributed by atoms with Gasteiger partial charge in [0.05, 0.1) is 0 Å². The first-order valence-electron chi connectivity index (χ1n) is 3.55. The van der Waals surface area contributed by atoms with Gasteiger partial charge >= 0.3 is 0 Å². The van der Waals surface area contributed by atoms with Crippen LogP contribution in [0.2, 0.25) is 0 Å². The molecule has 0 unspecified atom stereocenters. The van der Waals surface area contributed by atoms with E-state index in [0.29, 0.717) is 17.3 Å². The monoisotopic (exact) mass is 195 g/mol. The predicted molar refractivity (Wildman–Crippen MR) is 48.3 cm³/mol. The molecule has 0 spiro atoms. The normalized spacial score (nSPS) is 9.23. The summed E-state index contributed by atoms with van der Waals surface area (Å²) in [5.74, 6) is -0.330. The molecule has 0 saturated carbocycles. The minimum absolute atomic E-state index is 0.165. The van der Waals surface area contributed by atoms with Gasteiger partial charge in [0.25, 0.3) is 0 Å². The number of benzene rings is 1. The number of carbonyl (C=O) groups is 1. The maximum atomic E-state index is 12.4.